The van der Waals surface area contributed by atoms with Gasteiger partial charge in [0.2, 0.25) is 22.7 Å². The van der Waals surface area contributed by atoms with Crippen LogP contribution in [0.1, 0.15) is 28.3 Å². The van der Waals surface area contributed by atoms with Crippen LogP contribution in [0.4, 0.5) is 15.9 Å². The van der Waals surface area contributed by atoms with Crippen LogP contribution in [0.25, 0.3) is 16.6 Å². The number of carboxylic acid groups (broad SMARTS) is 2. The predicted octanol–water partition coefficient (Wildman–Crippen LogP) is 3.86. The van der Waals surface area contributed by atoms with Crippen molar-refractivity contribution in [3.8, 4) is 17.4 Å². The molecule has 54 heavy (non-hydrogen) atoms. The van der Waals surface area contributed by atoms with Crippen molar-refractivity contribution in [3.63, 3.8) is 0 Å². The standard InChI is InChI=1S/C36H35ClFN7O6.CH2O2/c1-42(2)24-16-43(17-24)31-7-5-22(14-39-31)45-18-26(36(48)49)34(47)25-11-28(38)30(12-29(25)45)44-15-21(20-4-8-32(46)40-13-20)10-23(44)19-51-35-27(37)6-9-33(41-35)50-3;2-1-3/h4-9,11-14,18,21,23-24H,10,15-17,19H2,1-3H3,(H,40,46)(H,48,49);1H,(H,2,3). The maximum absolute atomic E-state index is 16.3. The number of carboxylic acids is 1. The molecule has 0 spiro atoms. The van der Waals surface area contributed by atoms with Gasteiger partial charge in [0.05, 0.1) is 36.2 Å². The molecule has 2 saturated heterocycles. The largest absolute Gasteiger partial charge is 0.483 e. The van der Waals surface area contributed by atoms with Gasteiger partial charge in [0.15, 0.2) is 0 Å². The highest BCUT2D eigenvalue weighted by Gasteiger charge is 2.36. The van der Waals surface area contributed by atoms with E-state index >= 15 is 4.39 Å². The van der Waals surface area contributed by atoms with E-state index in [9.17, 15) is 19.5 Å². The number of nitrogens with zero attached hydrogens (tertiary/aromatic N) is 6. The van der Waals surface area contributed by atoms with Crippen molar-refractivity contribution in [2.45, 2.75) is 24.4 Å². The maximum atomic E-state index is 16.3. The molecule has 7 rings (SSSR count). The summed E-state index contributed by atoms with van der Waals surface area (Å²) in [5, 5.41) is 17.0. The zero-order chi connectivity index (χ0) is 38.7. The Bertz CT molecular complexity index is 2280. The number of aromatic amines is 1. The number of likely N-dealkylation sites (N-methyl/N-ethyl adjacent to an activating group) is 1. The van der Waals surface area contributed by atoms with Crippen molar-refractivity contribution >= 4 is 46.5 Å². The highest BCUT2D eigenvalue weighted by Crippen LogP contribution is 2.38. The summed E-state index contributed by atoms with van der Waals surface area (Å²) in [4.78, 5) is 63.6. The van der Waals surface area contributed by atoms with Gasteiger partial charge in [-0.1, -0.05) is 17.7 Å². The number of H-pyrrole nitrogens is 1. The number of aromatic nitrogens is 4. The van der Waals surface area contributed by atoms with Gasteiger partial charge in [-0.05, 0) is 56.4 Å². The number of aromatic carboxylic acids is 1. The fourth-order valence-electron chi connectivity index (χ4n) is 6.68. The molecule has 6 heterocycles. The molecule has 2 aliphatic heterocycles. The number of hydrogen-bond donors (Lipinski definition) is 3. The second-order valence-electron chi connectivity index (χ2n) is 13.0. The summed E-state index contributed by atoms with van der Waals surface area (Å²) in [6, 6.07) is 12.7. The van der Waals surface area contributed by atoms with E-state index in [2.05, 4.69) is 24.8 Å². The third-order valence-electron chi connectivity index (χ3n) is 9.64. The molecule has 2 fully saturated rings. The van der Waals surface area contributed by atoms with E-state index in [1.165, 1.54) is 19.4 Å². The van der Waals surface area contributed by atoms with Gasteiger partial charge in [-0.15, -0.1) is 0 Å². The minimum atomic E-state index is -1.43. The summed E-state index contributed by atoms with van der Waals surface area (Å²) in [6.45, 7) is 1.82. The molecule has 1 aromatic carbocycles. The Morgan fingerprint density at radius 3 is 2.52 bits per heavy atom. The van der Waals surface area contributed by atoms with Gasteiger partial charge in [0, 0.05) is 61.5 Å². The Morgan fingerprint density at radius 1 is 1.13 bits per heavy atom. The Balaban J connectivity index is 0.00000160. The van der Waals surface area contributed by atoms with Gasteiger partial charge in [-0.3, -0.25) is 14.4 Å². The molecule has 17 heteroatoms. The fourth-order valence-corrected chi connectivity index (χ4v) is 6.84. The minimum Gasteiger partial charge on any atom is -0.483 e. The summed E-state index contributed by atoms with van der Waals surface area (Å²) in [5.74, 6) is -1.02. The van der Waals surface area contributed by atoms with Crippen LogP contribution in [-0.2, 0) is 4.79 Å². The Labute approximate surface area is 312 Å². The second kappa shape index (κ2) is 15.9. The number of pyridine rings is 4. The number of rotatable bonds is 10. The lowest BCUT2D eigenvalue weighted by Gasteiger charge is -2.43. The summed E-state index contributed by atoms with van der Waals surface area (Å²) in [5.41, 5.74) is 0.306. The molecule has 2 aliphatic rings. The summed E-state index contributed by atoms with van der Waals surface area (Å²) >= 11 is 6.37. The molecule has 15 nitrogen and oxygen atoms in total. The van der Waals surface area contributed by atoms with E-state index in [0.717, 1.165) is 30.5 Å². The number of ether oxygens (including phenoxy) is 2. The molecule has 0 aliphatic carbocycles. The molecular weight excluding hydrogens is 725 g/mol. The van der Waals surface area contributed by atoms with Crippen molar-refractivity contribution in [3.05, 3.63) is 110 Å². The van der Waals surface area contributed by atoms with Crippen molar-refractivity contribution in [2.75, 3.05) is 57.2 Å². The number of halogens is 2. The van der Waals surface area contributed by atoms with Crippen LogP contribution in [0, 0.1) is 5.82 Å². The van der Waals surface area contributed by atoms with E-state index in [0.29, 0.717) is 36.1 Å². The zero-order valence-electron chi connectivity index (χ0n) is 29.5. The van der Waals surface area contributed by atoms with Gasteiger partial charge in [0.25, 0.3) is 6.47 Å². The monoisotopic (exact) mass is 761 g/mol. The predicted molar refractivity (Wildman–Crippen MR) is 199 cm³/mol. The molecule has 2 unspecified atom stereocenters. The smallest absolute Gasteiger partial charge is 0.341 e. The number of fused-ring (bicyclic) bond motifs is 1. The number of carbonyl (C=O) groups is 2. The number of benzene rings is 1. The minimum absolute atomic E-state index is 0.0680. The first kappa shape index (κ1) is 37.7. The number of anilines is 2. The third kappa shape index (κ3) is 7.70. The van der Waals surface area contributed by atoms with Crippen molar-refractivity contribution in [1.82, 2.24) is 24.4 Å². The van der Waals surface area contributed by atoms with Crippen LogP contribution in [-0.4, -0.2) is 107 Å². The zero-order valence-corrected chi connectivity index (χ0v) is 30.2. The quantitative estimate of drug-likeness (QED) is 0.175. The molecular formula is C37H37ClFN7O8. The molecule has 0 bridgehead atoms. The summed E-state index contributed by atoms with van der Waals surface area (Å²) in [7, 11) is 5.55. The first-order valence-electron chi connectivity index (χ1n) is 16.8. The maximum Gasteiger partial charge on any atom is 0.341 e. The molecule has 4 aromatic heterocycles. The molecule has 0 amide bonds. The van der Waals surface area contributed by atoms with Gasteiger partial charge < -0.3 is 43.9 Å². The average Bonchev–Trinajstić information content (AvgIpc) is 3.55. The number of nitrogens with one attached hydrogen (secondary N) is 1. The van der Waals surface area contributed by atoms with Gasteiger partial charge in [0.1, 0.15) is 28.8 Å². The van der Waals surface area contributed by atoms with Crippen LogP contribution in [0.3, 0.4) is 0 Å². The lowest BCUT2D eigenvalue weighted by atomic mass is 9.98. The van der Waals surface area contributed by atoms with Gasteiger partial charge in [-0.2, -0.15) is 4.98 Å². The highest BCUT2D eigenvalue weighted by atomic mass is 35.5. The SMILES string of the molecule is COc1ccc(Cl)c(OCC2CC(c3ccc(=O)[nH]c3)CN2c2cc3c(cc2F)c(=O)c(C(=O)O)cn3-c2ccc(N3CC(N(C)C)C3)nc2)n1.O=CO. The van der Waals surface area contributed by atoms with E-state index in [-0.39, 0.29) is 46.5 Å². The number of methoxy groups -OCH3 is 1. The lowest BCUT2D eigenvalue weighted by molar-refractivity contribution is -0.122. The normalized spacial score (nSPS) is 16.9. The van der Waals surface area contributed by atoms with Crippen LogP contribution >= 0.6 is 11.6 Å². The van der Waals surface area contributed by atoms with Crippen LogP contribution in [0.15, 0.2) is 76.7 Å². The second-order valence-corrected chi connectivity index (χ2v) is 13.5. The molecule has 2 atom stereocenters. The van der Waals surface area contributed by atoms with Crippen LogP contribution < -0.4 is 30.3 Å². The highest BCUT2D eigenvalue weighted by molar-refractivity contribution is 6.31. The lowest BCUT2D eigenvalue weighted by Crippen LogP contribution is -2.57. The van der Waals surface area contributed by atoms with Crippen LogP contribution in [0.5, 0.6) is 11.8 Å². The van der Waals surface area contributed by atoms with E-state index in [1.54, 1.807) is 47.3 Å². The molecule has 5 aromatic rings. The average molecular weight is 762 g/mol. The Morgan fingerprint density at radius 2 is 1.89 bits per heavy atom. The first-order valence-corrected chi connectivity index (χ1v) is 17.2. The molecule has 0 saturated carbocycles. The molecule has 282 valence electrons. The summed E-state index contributed by atoms with van der Waals surface area (Å²) < 4.78 is 29.1. The topological polar surface area (TPSA) is 183 Å². The Hall–Kier alpha value is -6.00. The molecule has 3 N–H and O–H groups in total. The fraction of sp³-hybridized carbons (Fsp3) is 0.297. The van der Waals surface area contributed by atoms with Crippen LogP contribution in [0.2, 0.25) is 5.02 Å². The van der Waals surface area contributed by atoms with Crippen molar-refractivity contribution < 1.29 is 33.7 Å². The Kier molecular flexibility index (Phi) is 11.1. The van der Waals surface area contributed by atoms with E-state index in [1.807, 2.05) is 25.1 Å². The third-order valence-corrected chi connectivity index (χ3v) is 9.93. The van der Waals surface area contributed by atoms with Crippen molar-refractivity contribution in [1.29, 1.82) is 0 Å². The molecule has 0 radical (unpaired) electrons. The van der Waals surface area contributed by atoms with Gasteiger partial charge in [-0.25, -0.2) is 14.2 Å². The number of hydrogen-bond acceptors (Lipinski definition) is 11. The van der Waals surface area contributed by atoms with Gasteiger partial charge >= 0.3 is 5.97 Å². The van der Waals surface area contributed by atoms with E-state index in [4.69, 9.17) is 31.0 Å². The van der Waals surface area contributed by atoms with Crippen molar-refractivity contribution in [2.24, 2.45) is 0 Å². The van der Waals surface area contributed by atoms with E-state index < -0.39 is 28.8 Å². The summed E-state index contributed by atoms with van der Waals surface area (Å²) in [6.07, 6.45) is 5.03. The first-order chi connectivity index (χ1) is 25.9.